The van der Waals surface area contributed by atoms with Crippen LogP contribution < -0.4 is 5.32 Å². The third-order valence-electron chi connectivity index (χ3n) is 6.29. The quantitative estimate of drug-likeness (QED) is 0.408. The molecule has 200 valence electrons. The van der Waals surface area contributed by atoms with Gasteiger partial charge in [-0.25, -0.2) is 13.2 Å². The van der Waals surface area contributed by atoms with E-state index >= 15 is 8.78 Å². The van der Waals surface area contributed by atoms with Gasteiger partial charge in [-0.05, 0) is 24.6 Å². The number of hydrogen-bond donors (Lipinski definition) is 2. The van der Waals surface area contributed by atoms with Crippen molar-refractivity contribution in [1.29, 1.82) is 0 Å². The topological polar surface area (TPSA) is 62.5 Å². The fraction of sp³-hybridized carbons (Fsp3) is 0.591. The summed E-state index contributed by atoms with van der Waals surface area (Å²) in [6, 6.07) is 2.16. The molecule has 1 aromatic heterocycles. The minimum Gasteiger partial charge on any atom is -0.375 e. The monoisotopic (exact) mass is 528 g/mol. The lowest BCUT2D eigenvalue weighted by Crippen LogP contribution is -2.44. The number of nitrogens with one attached hydrogen (secondary N) is 1. The molecule has 2 atom stereocenters. The smallest absolute Gasteiger partial charge is 0.375 e. The summed E-state index contributed by atoms with van der Waals surface area (Å²) in [7, 11) is 0. The number of alkyl halides is 7. The highest BCUT2D eigenvalue weighted by atomic mass is 19.4. The van der Waals surface area contributed by atoms with Crippen molar-refractivity contribution in [3.63, 3.8) is 0 Å². The lowest BCUT2D eigenvalue weighted by Gasteiger charge is -2.32. The highest BCUT2D eigenvalue weighted by Gasteiger charge is 2.44. The van der Waals surface area contributed by atoms with Gasteiger partial charge in [0.1, 0.15) is 18.1 Å². The lowest BCUT2D eigenvalue weighted by molar-refractivity contribution is -0.139. The molecule has 2 aromatic rings. The van der Waals surface area contributed by atoms with Gasteiger partial charge in [0.25, 0.3) is 12.3 Å². The zero-order valence-electron chi connectivity index (χ0n) is 18.8. The van der Waals surface area contributed by atoms with E-state index in [1.807, 2.05) is 0 Å². The van der Waals surface area contributed by atoms with Gasteiger partial charge < -0.3 is 15.2 Å². The number of hydrogen-bond acceptors (Lipinski definition) is 5. The van der Waals surface area contributed by atoms with Gasteiger partial charge in [-0.15, -0.1) is 0 Å². The van der Waals surface area contributed by atoms with E-state index in [0.717, 1.165) is 6.07 Å². The van der Waals surface area contributed by atoms with E-state index in [9.17, 15) is 31.4 Å². The minimum atomic E-state index is -4.93. The van der Waals surface area contributed by atoms with Crippen LogP contribution in [0.1, 0.15) is 35.4 Å². The van der Waals surface area contributed by atoms with Crippen LogP contribution in [0.25, 0.3) is 0 Å². The maximum Gasteiger partial charge on any atom is 0.419 e. The molecule has 0 amide bonds. The van der Waals surface area contributed by atoms with Crippen LogP contribution in [0.5, 0.6) is 0 Å². The summed E-state index contributed by atoms with van der Waals surface area (Å²) >= 11 is 0. The standard InChI is InChI=1S/C22H24F8N4O2/c23-16-2-1-13(7-15(16)22(28,29)30)31-20(35)33-6-4-17-14(9-33)19-21(26,27)5-3-12(8-34(19)32-17)10-36-11-18(24)25/h1-2,7,12,18,20,31,35H,3-6,8-11H2/t12-,20?/m1/s1. The predicted molar refractivity (Wildman–Crippen MR) is 111 cm³/mol. The van der Waals surface area contributed by atoms with Gasteiger partial charge in [0.2, 0.25) is 0 Å². The van der Waals surface area contributed by atoms with E-state index in [2.05, 4.69) is 10.4 Å². The second-order valence-electron chi connectivity index (χ2n) is 8.92. The van der Waals surface area contributed by atoms with Crippen LogP contribution in [0, 0.1) is 11.7 Å². The summed E-state index contributed by atoms with van der Waals surface area (Å²) in [5, 5.41) is 17.3. The first-order valence-corrected chi connectivity index (χ1v) is 11.2. The van der Waals surface area contributed by atoms with E-state index in [1.54, 1.807) is 0 Å². The molecule has 14 heteroatoms. The van der Waals surface area contributed by atoms with Crippen LogP contribution in [0.4, 0.5) is 40.8 Å². The molecule has 2 aliphatic rings. The second-order valence-corrected chi connectivity index (χ2v) is 8.92. The molecular weight excluding hydrogens is 504 g/mol. The zero-order valence-corrected chi connectivity index (χ0v) is 18.8. The van der Waals surface area contributed by atoms with Gasteiger partial charge in [-0.1, -0.05) is 0 Å². The van der Waals surface area contributed by atoms with Crippen LogP contribution in [0.2, 0.25) is 0 Å². The molecule has 2 N–H and O–H groups in total. The first-order chi connectivity index (χ1) is 16.8. The lowest BCUT2D eigenvalue weighted by atomic mass is 9.98. The molecule has 6 nitrogen and oxygen atoms in total. The average molecular weight is 528 g/mol. The van der Waals surface area contributed by atoms with Crippen molar-refractivity contribution in [2.24, 2.45) is 5.92 Å². The van der Waals surface area contributed by atoms with Gasteiger partial charge in [0.15, 0.2) is 6.35 Å². The molecule has 0 spiro atoms. The van der Waals surface area contributed by atoms with E-state index < -0.39 is 55.2 Å². The largest absolute Gasteiger partial charge is 0.419 e. The molecule has 0 radical (unpaired) electrons. The van der Waals surface area contributed by atoms with Crippen molar-refractivity contribution < 1.29 is 45.0 Å². The van der Waals surface area contributed by atoms with E-state index in [1.165, 1.54) is 9.58 Å². The van der Waals surface area contributed by atoms with Crippen LogP contribution in [0.15, 0.2) is 18.2 Å². The Kier molecular flexibility index (Phi) is 7.49. The van der Waals surface area contributed by atoms with Crippen molar-refractivity contribution in [3.05, 3.63) is 46.5 Å². The van der Waals surface area contributed by atoms with Crippen LogP contribution >= 0.6 is 0 Å². The number of benzene rings is 1. The van der Waals surface area contributed by atoms with E-state index in [-0.39, 0.29) is 56.0 Å². The van der Waals surface area contributed by atoms with Gasteiger partial charge in [0, 0.05) is 49.6 Å². The number of rotatable bonds is 7. The number of ether oxygens (including phenoxy) is 1. The molecule has 1 unspecified atom stereocenters. The molecule has 0 saturated carbocycles. The van der Waals surface area contributed by atoms with E-state index in [4.69, 9.17) is 4.74 Å². The zero-order chi connectivity index (χ0) is 26.3. The van der Waals surface area contributed by atoms with Gasteiger partial charge in [-0.2, -0.15) is 27.1 Å². The normalized spacial score (nSPS) is 21.1. The fourth-order valence-electron chi connectivity index (χ4n) is 4.57. The average Bonchev–Trinajstić information content (AvgIpc) is 3.09. The number of aliphatic hydroxyl groups is 1. The second kappa shape index (κ2) is 10.1. The molecular formula is C22H24F8N4O2. The number of nitrogens with zero attached hydrogens (tertiary/aromatic N) is 3. The summed E-state index contributed by atoms with van der Waals surface area (Å²) in [6.07, 6.45) is -9.45. The summed E-state index contributed by atoms with van der Waals surface area (Å²) in [5.41, 5.74) is -1.42. The first kappa shape index (κ1) is 26.6. The Morgan fingerprint density at radius 2 is 2.00 bits per heavy atom. The van der Waals surface area contributed by atoms with Gasteiger partial charge in [-0.3, -0.25) is 9.58 Å². The number of anilines is 1. The Bertz CT molecular complexity index is 1080. The van der Waals surface area contributed by atoms with Gasteiger partial charge >= 0.3 is 6.18 Å². The summed E-state index contributed by atoms with van der Waals surface area (Å²) < 4.78 is 114. The summed E-state index contributed by atoms with van der Waals surface area (Å²) in [4.78, 5) is 1.35. The molecule has 2 aliphatic heterocycles. The number of aromatic nitrogens is 2. The third kappa shape index (κ3) is 5.75. The van der Waals surface area contributed by atoms with Crippen molar-refractivity contribution in [1.82, 2.24) is 14.7 Å². The molecule has 1 aromatic carbocycles. The first-order valence-electron chi connectivity index (χ1n) is 11.2. The van der Waals surface area contributed by atoms with Crippen LogP contribution in [0.3, 0.4) is 0 Å². The van der Waals surface area contributed by atoms with E-state index in [0.29, 0.717) is 17.8 Å². The Hall–Kier alpha value is -2.45. The maximum atomic E-state index is 15.1. The number of aliphatic hydroxyl groups excluding tert-OH is 1. The molecule has 0 aliphatic carbocycles. The SMILES string of the molecule is OC(Nc1ccc(F)c(C(F)(F)F)c1)N1CCc2nn3c(c2C1)C(F)(F)CC[C@@H](COCC(F)F)C3. The van der Waals surface area contributed by atoms with Crippen molar-refractivity contribution in [2.45, 2.75) is 57.2 Å². The molecule has 0 bridgehead atoms. The Morgan fingerprint density at radius 1 is 1.25 bits per heavy atom. The van der Waals surface area contributed by atoms with Crippen molar-refractivity contribution in [3.8, 4) is 0 Å². The van der Waals surface area contributed by atoms with Crippen molar-refractivity contribution >= 4 is 5.69 Å². The van der Waals surface area contributed by atoms with Crippen LogP contribution in [-0.4, -0.2) is 52.3 Å². The summed E-state index contributed by atoms with van der Waals surface area (Å²) in [6.45, 7) is -0.839. The Labute approximate surface area is 200 Å². The van der Waals surface area contributed by atoms with Crippen molar-refractivity contribution in [2.75, 3.05) is 25.1 Å². The molecule has 0 fully saturated rings. The number of fused-ring (bicyclic) bond motifs is 3. The highest BCUT2D eigenvalue weighted by Crippen LogP contribution is 2.42. The Balaban J connectivity index is 1.50. The highest BCUT2D eigenvalue weighted by molar-refractivity contribution is 5.47. The minimum absolute atomic E-state index is 0.0361. The molecule has 0 saturated heterocycles. The molecule has 4 rings (SSSR count). The predicted octanol–water partition coefficient (Wildman–Crippen LogP) is 4.57. The van der Waals surface area contributed by atoms with Gasteiger partial charge in [0.05, 0.1) is 17.9 Å². The number of halogens is 8. The maximum absolute atomic E-state index is 15.1. The third-order valence-corrected chi connectivity index (χ3v) is 6.29. The summed E-state index contributed by atoms with van der Waals surface area (Å²) in [5.74, 6) is -5.17. The molecule has 36 heavy (non-hydrogen) atoms. The fourth-order valence-corrected chi connectivity index (χ4v) is 4.57. The molecule has 3 heterocycles. The van der Waals surface area contributed by atoms with Crippen LogP contribution in [-0.2, 0) is 36.3 Å². The Morgan fingerprint density at radius 3 is 2.69 bits per heavy atom.